The third-order valence-electron chi connectivity index (χ3n) is 6.35. The first-order valence-corrected chi connectivity index (χ1v) is 9.49. The second-order valence-electron chi connectivity index (χ2n) is 7.61. The van der Waals surface area contributed by atoms with Gasteiger partial charge in [-0.25, -0.2) is 0 Å². The molecule has 3 aliphatic rings. The Labute approximate surface area is 135 Å². The van der Waals surface area contributed by atoms with Crippen molar-refractivity contribution in [2.24, 2.45) is 17.6 Å². The topological polar surface area (TPSA) is 49.6 Å². The van der Waals surface area contributed by atoms with Crippen molar-refractivity contribution in [2.75, 3.05) is 26.2 Å². The summed E-state index contributed by atoms with van der Waals surface area (Å²) in [6, 6.07) is 0.168. The van der Waals surface area contributed by atoms with E-state index >= 15 is 0 Å². The van der Waals surface area contributed by atoms with E-state index in [4.69, 9.17) is 5.73 Å². The Hall–Kier alpha value is -0.610. The number of hydrogen-bond acceptors (Lipinski definition) is 3. The van der Waals surface area contributed by atoms with Gasteiger partial charge in [0.25, 0.3) is 0 Å². The van der Waals surface area contributed by atoms with Gasteiger partial charge < -0.3 is 15.5 Å². The highest BCUT2D eigenvalue weighted by atomic mass is 16.2. The van der Waals surface area contributed by atoms with Gasteiger partial charge in [0, 0.05) is 19.1 Å². The fraction of sp³-hybridized carbons (Fsp3) is 0.944. The van der Waals surface area contributed by atoms with Gasteiger partial charge in [-0.15, -0.1) is 0 Å². The lowest BCUT2D eigenvalue weighted by molar-refractivity contribution is -0.135. The maximum absolute atomic E-state index is 13.0. The zero-order valence-electron chi connectivity index (χ0n) is 14.2. The molecule has 2 N–H and O–H groups in total. The van der Waals surface area contributed by atoms with Gasteiger partial charge in [-0.2, -0.15) is 0 Å². The summed E-state index contributed by atoms with van der Waals surface area (Å²) < 4.78 is 0. The molecule has 22 heavy (non-hydrogen) atoms. The first-order chi connectivity index (χ1) is 10.7. The van der Waals surface area contributed by atoms with Crippen LogP contribution in [-0.4, -0.2) is 54.0 Å². The lowest BCUT2D eigenvalue weighted by atomic mass is 9.83. The number of carbonyl (C=O) groups excluding carboxylic acids is 1. The predicted octanol–water partition coefficient (Wildman–Crippen LogP) is 2.23. The molecule has 3 atom stereocenters. The second kappa shape index (κ2) is 7.31. The molecule has 3 fully saturated rings. The first kappa shape index (κ1) is 16.3. The maximum atomic E-state index is 13.0. The molecule has 2 saturated heterocycles. The molecule has 4 nitrogen and oxygen atoms in total. The van der Waals surface area contributed by atoms with Gasteiger partial charge in [0.1, 0.15) is 0 Å². The van der Waals surface area contributed by atoms with Crippen molar-refractivity contribution in [3.05, 3.63) is 0 Å². The normalized spacial score (nSPS) is 32.5. The lowest BCUT2D eigenvalue weighted by Gasteiger charge is -2.35. The van der Waals surface area contributed by atoms with Crippen LogP contribution in [0.1, 0.15) is 58.3 Å². The Morgan fingerprint density at radius 3 is 2.59 bits per heavy atom. The second-order valence-corrected chi connectivity index (χ2v) is 7.61. The lowest BCUT2D eigenvalue weighted by Crippen LogP contribution is -2.52. The molecule has 0 spiro atoms. The number of nitrogens with two attached hydrogens (primary N) is 1. The Morgan fingerprint density at radius 2 is 1.86 bits per heavy atom. The Balaban J connectivity index is 1.66. The summed E-state index contributed by atoms with van der Waals surface area (Å²) >= 11 is 0. The quantitative estimate of drug-likeness (QED) is 0.870. The van der Waals surface area contributed by atoms with Crippen LogP contribution in [0, 0.1) is 11.8 Å². The van der Waals surface area contributed by atoms with Crippen molar-refractivity contribution in [3.63, 3.8) is 0 Å². The van der Waals surface area contributed by atoms with Crippen LogP contribution in [0.5, 0.6) is 0 Å². The number of rotatable bonds is 3. The molecule has 3 rings (SSSR count). The van der Waals surface area contributed by atoms with Crippen molar-refractivity contribution in [1.29, 1.82) is 0 Å². The molecule has 0 aromatic rings. The van der Waals surface area contributed by atoms with Gasteiger partial charge in [-0.1, -0.05) is 26.2 Å². The molecular formula is C18H33N3O. The van der Waals surface area contributed by atoms with E-state index in [9.17, 15) is 4.79 Å². The molecule has 0 radical (unpaired) electrons. The number of nitrogens with zero attached hydrogens (tertiary/aromatic N) is 2. The highest BCUT2D eigenvalue weighted by Gasteiger charge is 2.41. The average Bonchev–Trinajstić information content (AvgIpc) is 2.84. The summed E-state index contributed by atoms with van der Waals surface area (Å²) in [5, 5.41) is 0. The Kier molecular flexibility index (Phi) is 5.40. The fourth-order valence-corrected chi connectivity index (χ4v) is 4.88. The number of hydrogen-bond donors (Lipinski definition) is 1. The van der Waals surface area contributed by atoms with Crippen molar-refractivity contribution in [2.45, 2.75) is 70.4 Å². The highest BCUT2D eigenvalue weighted by molar-refractivity contribution is 5.82. The van der Waals surface area contributed by atoms with Gasteiger partial charge in [-0.3, -0.25) is 4.79 Å². The molecule has 4 heteroatoms. The fourth-order valence-electron chi connectivity index (χ4n) is 4.88. The highest BCUT2D eigenvalue weighted by Crippen LogP contribution is 2.33. The molecule has 2 heterocycles. The van der Waals surface area contributed by atoms with Crippen LogP contribution in [0.2, 0.25) is 0 Å². The molecule has 1 aliphatic carbocycles. The van der Waals surface area contributed by atoms with Crippen molar-refractivity contribution >= 4 is 5.91 Å². The number of likely N-dealkylation sites (N-methyl/N-ethyl adjacent to an activating group) is 1. The van der Waals surface area contributed by atoms with Gasteiger partial charge in [0.15, 0.2) is 0 Å². The molecule has 0 aromatic carbocycles. The van der Waals surface area contributed by atoms with Crippen molar-refractivity contribution in [3.8, 4) is 0 Å². The van der Waals surface area contributed by atoms with Crippen LogP contribution in [-0.2, 0) is 4.79 Å². The zero-order valence-corrected chi connectivity index (χ0v) is 14.2. The summed E-state index contributed by atoms with van der Waals surface area (Å²) in [6.45, 7) is 6.52. The molecule has 126 valence electrons. The summed E-state index contributed by atoms with van der Waals surface area (Å²) in [7, 11) is 0. The minimum absolute atomic E-state index is 0.248. The van der Waals surface area contributed by atoms with E-state index in [1.54, 1.807) is 0 Å². The standard InChI is InChI=1S/C18H33N3O/c1-2-20-11-6-9-14-10-12-21(16(14)13-20)18(22)17(19)15-7-4-3-5-8-15/h14-17H,2-13,19H2,1H3/t14-,16-,17+/m1/s1. The molecule has 0 aromatic heterocycles. The molecule has 1 saturated carbocycles. The molecule has 0 bridgehead atoms. The van der Waals surface area contributed by atoms with Crippen molar-refractivity contribution < 1.29 is 4.79 Å². The average molecular weight is 307 g/mol. The minimum Gasteiger partial charge on any atom is -0.337 e. The third kappa shape index (κ3) is 3.33. The summed E-state index contributed by atoms with van der Waals surface area (Å²) in [5.41, 5.74) is 6.40. The third-order valence-corrected chi connectivity index (χ3v) is 6.35. The Bertz CT molecular complexity index is 381. The van der Waals surface area contributed by atoms with E-state index in [-0.39, 0.29) is 11.9 Å². The van der Waals surface area contributed by atoms with Crippen LogP contribution in [0.25, 0.3) is 0 Å². The van der Waals surface area contributed by atoms with Crippen LogP contribution < -0.4 is 5.73 Å². The smallest absolute Gasteiger partial charge is 0.240 e. The number of likely N-dealkylation sites (tertiary alicyclic amines) is 2. The van der Waals surface area contributed by atoms with Crippen LogP contribution in [0.15, 0.2) is 0 Å². The van der Waals surface area contributed by atoms with Crippen LogP contribution in [0.3, 0.4) is 0 Å². The molecule has 0 unspecified atom stereocenters. The number of fused-ring (bicyclic) bond motifs is 1. The van der Waals surface area contributed by atoms with E-state index in [0.29, 0.717) is 17.9 Å². The SMILES string of the molecule is CCN1CCC[C@@H]2CCN(C(=O)[C@@H](N)C3CCCCC3)[C@@H]2C1. The van der Waals surface area contributed by atoms with Gasteiger partial charge >= 0.3 is 0 Å². The van der Waals surface area contributed by atoms with Crippen LogP contribution >= 0.6 is 0 Å². The Morgan fingerprint density at radius 1 is 1.09 bits per heavy atom. The number of carbonyl (C=O) groups is 1. The van der Waals surface area contributed by atoms with Crippen LogP contribution in [0.4, 0.5) is 0 Å². The van der Waals surface area contributed by atoms with E-state index in [2.05, 4.69) is 16.7 Å². The van der Waals surface area contributed by atoms with Gasteiger partial charge in [0.05, 0.1) is 6.04 Å². The summed E-state index contributed by atoms with van der Waals surface area (Å²) in [4.78, 5) is 17.7. The largest absolute Gasteiger partial charge is 0.337 e. The van der Waals surface area contributed by atoms with Gasteiger partial charge in [-0.05, 0) is 57.0 Å². The van der Waals surface area contributed by atoms with E-state index in [1.165, 1.54) is 45.1 Å². The van der Waals surface area contributed by atoms with E-state index < -0.39 is 0 Å². The minimum atomic E-state index is -0.252. The maximum Gasteiger partial charge on any atom is 0.240 e. The predicted molar refractivity (Wildman–Crippen MR) is 89.5 cm³/mol. The monoisotopic (exact) mass is 307 g/mol. The van der Waals surface area contributed by atoms with E-state index in [0.717, 1.165) is 32.5 Å². The van der Waals surface area contributed by atoms with Gasteiger partial charge in [0.2, 0.25) is 5.91 Å². The van der Waals surface area contributed by atoms with Crippen molar-refractivity contribution in [1.82, 2.24) is 9.80 Å². The number of amides is 1. The first-order valence-electron chi connectivity index (χ1n) is 9.49. The van der Waals surface area contributed by atoms with E-state index in [1.807, 2.05) is 0 Å². The molecule has 1 amide bonds. The molecular weight excluding hydrogens is 274 g/mol. The summed E-state index contributed by atoms with van der Waals surface area (Å²) in [6.07, 6.45) is 9.87. The zero-order chi connectivity index (χ0) is 15.5. The molecule has 2 aliphatic heterocycles. The summed E-state index contributed by atoms with van der Waals surface area (Å²) in [5.74, 6) is 1.38.